The average Bonchev–Trinajstić information content (AvgIpc) is 3.28. The van der Waals surface area contributed by atoms with Gasteiger partial charge in [-0.25, -0.2) is 0 Å². The summed E-state index contributed by atoms with van der Waals surface area (Å²) in [5, 5.41) is 14.5. The van der Waals surface area contributed by atoms with Crippen LogP contribution in [-0.2, 0) is 17.8 Å². The van der Waals surface area contributed by atoms with Crippen LogP contribution in [0.25, 0.3) is 11.6 Å². The minimum absolute atomic E-state index is 0.0161. The third-order valence-corrected chi connectivity index (χ3v) is 3.32. The maximum atomic E-state index is 11.8. The molecule has 0 aliphatic heterocycles. The molecule has 126 valence electrons. The summed E-state index contributed by atoms with van der Waals surface area (Å²) in [6.45, 7) is 2.99. The van der Waals surface area contributed by atoms with Crippen LogP contribution in [0.5, 0.6) is 0 Å². The molecule has 0 aliphatic rings. The van der Waals surface area contributed by atoms with Crippen LogP contribution in [-0.4, -0.2) is 37.6 Å². The quantitative estimate of drug-likeness (QED) is 0.663. The topological polar surface area (TPSA) is 112 Å². The largest absolute Gasteiger partial charge is 0.461 e. The van der Waals surface area contributed by atoms with Crippen LogP contribution in [0.4, 0.5) is 0 Å². The molecular weight excluding hydrogens is 312 g/mol. The second kappa shape index (κ2) is 7.53. The number of nitrogens with one attached hydrogen (secondary N) is 1. The molecule has 0 bridgehead atoms. The molecule has 0 saturated carbocycles. The van der Waals surface area contributed by atoms with Crippen LogP contribution in [0.1, 0.15) is 24.4 Å². The fourth-order valence-corrected chi connectivity index (χ4v) is 2.17. The summed E-state index contributed by atoms with van der Waals surface area (Å²) in [6, 6.07) is 3.52. The predicted molar refractivity (Wildman–Crippen MR) is 82.7 cm³/mol. The van der Waals surface area contributed by atoms with Crippen molar-refractivity contribution in [2.75, 3.05) is 6.54 Å². The van der Waals surface area contributed by atoms with Gasteiger partial charge >= 0.3 is 0 Å². The lowest BCUT2D eigenvalue weighted by Gasteiger charge is -2.04. The zero-order chi connectivity index (χ0) is 16.8. The molecule has 24 heavy (non-hydrogen) atoms. The lowest BCUT2D eigenvalue weighted by atomic mass is 10.2. The standard InChI is InChI=1S/C15H18N6O3/c1-11-10-21(20-18-11)8-7-16-13(22)5-2-6-14-17-15(19-24-14)12-4-3-9-23-12/h3-4,9-10H,2,5-8H2,1H3,(H,16,22). The molecule has 3 rings (SSSR count). The van der Waals surface area contributed by atoms with Crippen molar-refractivity contribution >= 4 is 5.91 Å². The molecule has 3 heterocycles. The average molecular weight is 330 g/mol. The number of carbonyl (C=O) groups is 1. The van der Waals surface area contributed by atoms with Gasteiger partial charge in [-0.2, -0.15) is 4.98 Å². The fraction of sp³-hybridized carbons (Fsp3) is 0.400. The van der Waals surface area contributed by atoms with Gasteiger partial charge in [-0.3, -0.25) is 9.48 Å². The molecule has 9 heteroatoms. The van der Waals surface area contributed by atoms with E-state index < -0.39 is 0 Å². The lowest BCUT2D eigenvalue weighted by molar-refractivity contribution is -0.121. The lowest BCUT2D eigenvalue weighted by Crippen LogP contribution is -2.27. The Morgan fingerprint density at radius 3 is 3.08 bits per heavy atom. The Balaban J connectivity index is 1.34. The maximum Gasteiger partial charge on any atom is 0.238 e. The Labute approximate surface area is 138 Å². The van der Waals surface area contributed by atoms with E-state index in [1.54, 1.807) is 23.1 Å². The van der Waals surface area contributed by atoms with E-state index >= 15 is 0 Å². The SMILES string of the molecule is Cc1cn(CCNC(=O)CCCc2nc(-c3ccco3)no2)nn1. The van der Waals surface area contributed by atoms with Gasteiger partial charge in [0.2, 0.25) is 17.6 Å². The highest BCUT2D eigenvalue weighted by atomic mass is 16.5. The highest BCUT2D eigenvalue weighted by molar-refractivity contribution is 5.75. The van der Waals surface area contributed by atoms with Crippen molar-refractivity contribution in [3.8, 4) is 11.6 Å². The number of hydrogen-bond donors (Lipinski definition) is 1. The summed E-state index contributed by atoms with van der Waals surface area (Å²) in [5.74, 6) is 1.46. The van der Waals surface area contributed by atoms with E-state index in [0.29, 0.717) is 49.8 Å². The molecule has 0 spiro atoms. The molecule has 0 radical (unpaired) electrons. The van der Waals surface area contributed by atoms with Gasteiger partial charge in [0.1, 0.15) is 0 Å². The van der Waals surface area contributed by atoms with Crippen molar-refractivity contribution in [2.45, 2.75) is 32.7 Å². The summed E-state index contributed by atoms with van der Waals surface area (Å²) in [7, 11) is 0. The molecule has 0 saturated heterocycles. The Hall–Kier alpha value is -2.97. The van der Waals surface area contributed by atoms with Gasteiger partial charge in [0.15, 0.2) is 5.76 Å². The first-order valence-electron chi connectivity index (χ1n) is 7.70. The first-order chi connectivity index (χ1) is 11.7. The molecule has 0 fully saturated rings. The van der Waals surface area contributed by atoms with Gasteiger partial charge in [0, 0.05) is 25.6 Å². The van der Waals surface area contributed by atoms with E-state index in [0.717, 1.165) is 5.69 Å². The van der Waals surface area contributed by atoms with Crippen LogP contribution in [0.3, 0.4) is 0 Å². The van der Waals surface area contributed by atoms with E-state index in [2.05, 4.69) is 25.8 Å². The fourth-order valence-electron chi connectivity index (χ4n) is 2.17. The smallest absolute Gasteiger partial charge is 0.238 e. The van der Waals surface area contributed by atoms with Crippen molar-refractivity contribution in [2.24, 2.45) is 0 Å². The van der Waals surface area contributed by atoms with Crippen LogP contribution in [0.15, 0.2) is 33.5 Å². The van der Waals surface area contributed by atoms with Gasteiger partial charge in [-0.15, -0.1) is 5.10 Å². The Morgan fingerprint density at radius 1 is 1.42 bits per heavy atom. The summed E-state index contributed by atoms with van der Waals surface area (Å²) in [5.41, 5.74) is 0.856. The van der Waals surface area contributed by atoms with Crippen molar-refractivity contribution in [3.63, 3.8) is 0 Å². The van der Waals surface area contributed by atoms with Crippen molar-refractivity contribution < 1.29 is 13.7 Å². The molecule has 0 unspecified atom stereocenters. The summed E-state index contributed by atoms with van der Waals surface area (Å²) >= 11 is 0. The normalized spacial score (nSPS) is 10.9. The van der Waals surface area contributed by atoms with Crippen molar-refractivity contribution in [1.82, 2.24) is 30.5 Å². The van der Waals surface area contributed by atoms with Gasteiger partial charge < -0.3 is 14.3 Å². The van der Waals surface area contributed by atoms with Crippen LogP contribution < -0.4 is 5.32 Å². The zero-order valence-electron chi connectivity index (χ0n) is 13.3. The number of aromatic nitrogens is 5. The Morgan fingerprint density at radius 2 is 2.33 bits per heavy atom. The van der Waals surface area contributed by atoms with Crippen LogP contribution in [0, 0.1) is 6.92 Å². The number of amides is 1. The van der Waals surface area contributed by atoms with Crippen LogP contribution >= 0.6 is 0 Å². The van der Waals surface area contributed by atoms with E-state index in [1.165, 1.54) is 0 Å². The second-order valence-electron chi connectivity index (χ2n) is 5.32. The van der Waals surface area contributed by atoms with Gasteiger partial charge in [-0.1, -0.05) is 10.4 Å². The predicted octanol–water partition coefficient (Wildman–Crippen LogP) is 1.37. The number of hydrogen-bond acceptors (Lipinski definition) is 7. The number of nitrogens with zero attached hydrogens (tertiary/aromatic N) is 5. The summed E-state index contributed by atoms with van der Waals surface area (Å²) < 4.78 is 12.0. The monoisotopic (exact) mass is 330 g/mol. The molecular formula is C15H18N6O3. The van der Waals surface area contributed by atoms with Crippen LogP contribution in [0.2, 0.25) is 0 Å². The Kier molecular flexibility index (Phi) is 4.99. The second-order valence-corrected chi connectivity index (χ2v) is 5.32. The number of rotatable bonds is 8. The minimum atomic E-state index is -0.0161. The maximum absolute atomic E-state index is 11.8. The highest BCUT2D eigenvalue weighted by Gasteiger charge is 2.11. The number of carbonyl (C=O) groups excluding carboxylic acids is 1. The minimum Gasteiger partial charge on any atom is -0.461 e. The zero-order valence-corrected chi connectivity index (χ0v) is 13.3. The molecule has 3 aromatic heterocycles. The third kappa shape index (κ3) is 4.28. The van der Waals surface area contributed by atoms with Gasteiger partial charge in [0.25, 0.3) is 0 Å². The van der Waals surface area contributed by atoms with Crippen molar-refractivity contribution in [3.05, 3.63) is 36.2 Å². The molecule has 0 aliphatic carbocycles. The first kappa shape index (κ1) is 15.9. The van der Waals surface area contributed by atoms with Crippen molar-refractivity contribution in [1.29, 1.82) is 0 Å². The Bertz CT molecular complexity index is 777. The molecule has 0 atom stereocenters. The third-order valence-electron chi connectivity index (χ3n) is 3.32. The van der Waals surface area contributed by atoms with E-state index in [1.807, 2.05) is 13.1 Å². The molecule has 3 aromatic rings. The molecule has 0 aromatic carbocycles. The molecule has 9 nitrogen and oxygen atoms in total. The van der Waals surface area contributed by atoms with E-state index in [4.69, 9.17) is 8.94 Å². The molecule has 1 amide bonds. The highest BCUT2D eigenvalue weighted by Crippen LogP contribution is 2.16. The van der Waals surface area contributed by atoms with Gasteiger partial charge in [0.05, 0.1) is 18.5 Å². The van der Waals surface area contributed by atoms with E-state index in [-0.39, 0.29) is 5.91 Å². The molecule has 1 N–H and O–H groups in total. The number of furan rings is 1. The summed E-state index contributed by atoms with van der Waals surface area (Å²) in [4.78, 5) is 16.0. The summed E-state index contributed by atoms with van der Waals surface area (Å²) in [6.07, 6.45) is 4.96. The number of aryl methyl sites for hydroxylation is 2. The van der Waals surface area contributed by atoms with Gasteiger partial charge in [-0.05, 0) is 25.5 Å². The first-order valence-corrected chi connectivity index (χ1v) is 7.70. The van der Waals surface area contributed by atoms with E-state index in [9.17, 15) is 4.79 Å².